The van der Waals surface area contributed by atoms with Crippen LogP contribution in [-0.2, 0) is 5.41 Å². The van der Waals surface area contributed by atoms with Gasteiger partial charge in [0.1, 0.15) is 0 Å². The molecular formula is C16H18N2OS. The smallest absolute Gasteiger partial charge is 0.252 e. The summed E-state index contributed by atoms with van der Waals surface area (Å²) in [6.07, 6.45) is 2.33. The molecule has 0 spiro atoms. The number of aromatic nitrogens is 1. The summed E-state index contributed by atoms with van der Waals surface area (Å²) < 4.78 is 0. The van der Waals surface area contributed by atoms with Crippen molar-refractivity contribution in [3.8, 4) is 0 Å². The minimum atomic E-state index is -0.0613. The predicted molar refractivity (Wildman–Crippen MR) is 81.0 cm³/mol. The highest BCUT2D eigenvalue weighted by atomic mass is 32.1. The van der Waals surface area contributed by atoms with Crippen molar-refractivity contribution < 1.29 is 4.79 Å². The molecule has 1 aromatic heterocycles. The van der Waals surface area contributed by atoms with Gasteiger partial charge in [-0.15, -0.1) is 11.3 Å². The lowest BCUT2D eigenvalue weighted by Crippen LogP contribution is -2.28. The quantitative estimate of drug-likeness (QED) is 0.931. The molecule has 0 aliphatic heterocycles. The summed E-state index contributed by atoms with van der Waals surface area (Å²) in [7, 11) is 0. The molecule has 1 N–H and O–H groups in total. The van der Waals surface area contributed by atoms with E-state index in [-0.39, 0.29) is 17.4 Å². The molecule has 104 valence electrons. The van der Waals surface area contributed by atoms with Crippen LogP contribution < -0.4 is 5.32 Å². The van der Waals surface area contributed by atoms with Gasteiger partial charge in [-0.1, -0.05) is 25.1 Å². The third-order valence-electron chi connectivity index (χ3n) is 4.06. The van der Waals surface area contributed by atoms with E-state index in [1.807, 2.05) is 30.5 Å². The second-order valence-corrected chi connectivity index (χ2v) is 6.43. The number of carbonyl (C=O) groups excluding carboxylic acids is 1. The molecule has 1 atom stereocenters. The zero-order chi connectivity index (χ0) is 14.2. The summed E-state index contributed by atoms with van der Waals surface area (Å²) in [5, 5.41) is 5.02. The molecule has 0 radical (unpaired) electrons. The van der Waals surface area contributed by atoms with E-state index in [0.717, 1.165) is 11.3 Å². The van der Waals surface area contributed by atoms with E-state index in [1.165, 1.54) is 18.4 Å². The Hall–Kier alpha value is -1.68. The standard InChI is InChI=1S/C16H18N2OS/c1-11(14-9-20-10-17-14)18-15(19)12-5-3-4-6-13(12)16(2)7-8-16/h3-6,9-11H,7-8H2,1-2H3,(H,18,19)/t11-/m0/s1. The molecule has 3 nitrogen and oxygen atoms in total. The highest BCUT2D eigenvalue weighted by Gasteiger charge is 2.41. The first-order valence-corrected chi connectivity index (χ1v) is 7.83. The van der Waals surface area contributed by atoms with E-state index in [4.69, 9.17) is 0 Å². The third kappa shape index (κ3) is 2.48. The molecule has 20 heavy (non-hydrogen) atoms. The van der Waals surface area contributed by atoms with Gasteiger partial charge in [0.2, 0.25) is 0 Å². The van der Waals surface area contributed by atoms with Crippen LogP contribution in [0.25, 0.3) is 0 Å². The first kappa shape index (κ1) is 13.3. The van der Waals surface area contributed by atoms with E-state index in [0.29, 0.717) is 0 Å². The van der Waals surface area contributed by atoms with Crippen LogP contribution in [0.1, 0.15) is 54.3 Å². The Balaban J connectivity index is 1.81. The van der Waals surface area contributed by atoms with Gasteiger partial charge in [-0.05, 0) is 36.8 Å². The zero-order valence-electron chi connectivity index (χ0n) is 11.7. The fourth-order valence-corrected chi connectivity index (χ4v) is 3.10. The van der Waals surface area contributed by atoms with Gasteiger partial charge >= 0.3 is 0 Å². The molecule has 1 fully saturated rings. The summed E-state index contributed by atoms with van der Waals surface area (Å²) in [4.78, 5) is 16.8. The van der Waals surface area contributed by atoms with Gasteiger partial charge in [-0.25, -0.2) is 4.98 Å². The van der Waals surface area contributed by atoms with Gasteiger partial charge in [-0.3, -0.25) is 4.79 Å². The molecule has 0 bridgehead atoms. The maximum atomic E-state index is 12.5. The Morgan fingerprint density at radius 2 is 2.15 bits per heavy atom. The maximum absolute atomic E-state index is 12.5. The number of nitrogens with zero attached hydrogens (tertiary/aromatic N) is 1. The molecule has 1 aliphatic carbocycles. The second kappa shape index (κ2) is 5.02. The predicted octanol–water partition coefficient (Wildman–Crippen LogP) is 3.69. The Morgan fingerprint density at radius 3 is 2.80 bits per heavy atom. The van der Waals surface area contributed by atoms with Crippen molar-refractivity contribution in [2.45, 2.75) is 38.1 Å². The van der Waals surface area contributed by atoms with Crippen molar-refractivity contribution in [3.63, 3.8) is 0 Å². The van der Waals surface area contributed by atoms with Crippen LogP contribution in [-0.4, -0.2) is 10.9 Å². The van der Waals surface area contributed by atoms with E-state index in [1.54, 1.807) is 16.8 Å². The third-order valence-corrected chi connectivity index (χ3v) is 4.67. The lowest BCUT2D eigenvalue weighted by Gasteiger charge is -2.17. The molecule has 3 rings (SSSR count). The molecule has 4 heteroatoms. The fraction of sp³-hybridized carbons (Fsp3) is 0.375. The summed E-state index contributed by atoms with van der Waals surface area (Å²) >= 11 is 1.55. The van der Waals surface area contributed by atoms with Gasteiger partial charge in [-0.2, -0.15) is 0 Å². The van der Waals surface area contributed by atoms with Crippen molar-refractivity contribution in [2.24, 2.45) is 0 Å². The highest BCUT2D eigenvalue weighted by Crippen LogP contribution is 2.48. The summed E-state index contributed by atoms with van der Waals surface area (Å²) in [5.41, 5.74) is 4.87. The van der Waals surface area contributed by atoms with Crippen LogP contribution in [0.4, 0.5) is 0 Å². The molecule has 1 amide bonds. The molecule has 0 unspecified atom stereocenters. The molecule has 1 aromatic carbocycles. The monoisotopic (exact) mass is 286 g/mol. The zero-order valence-corrected chi connectivity index (χ0v) is 12.5. The van der Waals surface area contributed by atoms with E-state index in [2.05, 4.69) is 23.3 Å². The number of thiazole rings is 1. The van der Waals surface area contributed by atoms with Gasteiger partial charge in [0, 0.05) is 10.9 Å². The Bertz CT molecular complexity index is 617. The van der Waals surface area contributed by atoms with Crippen LogP contribution >= 0.6 is 11.3 Å². The molecule has 1 aliphatic rings. The minimum absolute atomic E-state index is 0.00535. The Labute approximate surface area is 123 Å². The lowest BCUT2D eigenvalue weighted by atomic mass is 9.92. The SMILES string of the molecule is C[C@H](NC(=O)c1ccccc1C1(C)CC1)c1cscn1. The maximum Gasteiger partial charge on any atom is 0.252 e. The molecule has 1 saturated carbocycles. The van der Waals surface area contributed by atoms with Gasteiger partial charge in [0.15, 0.2) is 0 Å². The number of hydrogen-bond donors (Lipinski definition) is 1. The van der Waals surface area contributed by atoms with Crippen molar-refractivity contribution in [3.05, 3.63) is 52.0 Å². The summed E-state index contributed by atoms with van der Waals surface area (Å²) in [6, 6.07) is 7.88. The summed E-state index contributed by atoms with van der Waals surface area (Å²) in [6.45, 7) is 4.19. The number of carbonyl (C=O) groups is 1. The largest absolute Gasteiger partial charge is 0.344 e. The first-order chi connectivity index (χ1) is 9.60. The first-order valence-electron chi connectivity index (χ1n) is 6.89. The fourth-order valence-electron chi connectivity index (χ4n) is 2.45. The topological polar surface area (TPSA) is 42.0 Å². The van der Waals surface area contributed by atoms with Crippen molar-refractivity contribution in [1.29, 1.82) is 0 Å². The van der Waals surface area contributed by atoms with Gasteiger partial charge < -0.3 is 5.32 Å². The van der Waals surface area contributed by atoms with Crippen LogP contribution in [0.3, 0.4) is 0 Å². The van der Waals surface area contributed by atoms with Crippen LogP contribution in [0.2, 0.25) is 0 Å². The molecular weight excluding hydrogens is 268 g/mol. The van der Waals surface area contributed by atoms with E-state index in [9.17, 15) is 4.79 Å². The highest BCUT2D eigenvalue weighted by molar-refractivity contribution is 7.07. The average molecular weight is 286 g/mol. The average Bonchev–Trinajstić information content (AvgIpc) is 2.99. The number of hydrogen-bond acceptors (Lipinski definition) is 3. The van der Waals surface area contributed by atoms with E-state index >= 15 is 0 Å². The minimum Gasteiger partial charge on any atom is -0.344 e. The van der Waals surface area contributed by atoms with Gasteiger partial charge in [0.25, 0.3) is 5.91 Å². The van der Waals surface area contributed by atoms with Gasteiger partial charge in [0.05, 0.1) is 17.2 Å². The van der Waals surface area contributed by atoms with Crippen LogP contribution in [0, 0.1) is 0 Å². The van der Waals surface area contributed by atoms with Crippen LogP contribution in [0.15, 0.2) is 35.2 Å². The normalized spacial score (nSPS) is 17.5. The molecule has 1 heterocycles. The van der Waals surface area contributed by atoms with Crippen LogP contribution in [0.5, 0.6) is 0 Å². The van der Waals surface area contributed by atoms with Crippen molar-refractivity contribution in [1.82, 2.24) is 10.3 Å². The Morgan fingerprint density at radius 1 is 1.40 bits per heavy atom. The van der Waals surface area contributed by atoms with Crippen molar-refractivity contribution >= 4 is 17.2 Å². The number of rotatable bonds is 4. The second-order valence-electron chi connectivity index (χ2n) is 5.71. The lowest BCUT2D eigenvalue weighted by molar-refractivity contribution is 0.0937. The number of benzene rings is 1. The van der Waals surface area contributed by atoms with E-state index < -0.39 is 0 Å². The summed E-state index contributed by atoms with van der Waals surface area (Å²) in [5.74, 6) is -0.00535. The molecule has 0 saturated heterocycles. The Kier molecular flexibility index (Phi) is 3.34. The molecule has 2 aromatic rings. The van der Waals surface area contributed by atoms with Crippen molar-refractivity contribution in [2.75, 3.05) is 0 Å². The number of nitrogens with one attached hydrogen (secondary N) is 1. The number of amides is 1.